The lowest BCUT2D eigenvalue weighted by molar-refractivity contribution is -0.148. The molecule has 116 valence electrons. The molecule has 0 radical (unpaired) electrons. The van der Waals surface area contributed by atoms with Crippen molar-refractivity contribution in [3.63, 3.8) is 0 Å². The van der Waals surface area contributed by atoms with Gasteiger partial charge in [0.25, 0.3) is 0 Å². The summed E-state index contributed by atoms with van der Waals surface area (Å²) in [4.78, 5) is 22.4. The van der Waals surface area contributed by atoms with E-state index in [1.807, 2.05) is 6.08 Å². The van der Waals surface area contributed by atoms with Crippen LogP contribution >= 0.6 is 0 Å². The van der Waals surface area contributed by atoms with Gasteiger partial charge >= 0.3 is 11.9 Å². The zero-order valence-electron chi connectivity index (χ0n) is 13.2. The van der Waals surface area contributed by atoms with E-state index < -0.39 is 5.97 Å². The fourth-order valence-corrected chi connectivity index (χ4v) is 3.92. The molecule has 0 spiro atoms. The van der Waals surface area contributed by atoms with E-state index in [-0.39, 0.29) is 23.9 Å². The molecule has 0 bridgehead atoms. The second kappa shape index (κ2) is 6.04. The number of rotatable bonds is 3. The van der Waals surface area contributed by atoms with E-state index in [0.29, 0.717) is 11.5 Å². The van der Waals surface area contributed by atoms with Crippen LogP contribution in [0.2, 0.25) is 0 Å². The summed E-state index contributed by atoms with van der Waals surface area (Å²) in [6.45, 7) is 7.38. The van der Waals surface area contributed by atoms with Gasteiger partial charge in [-0.25, -0.2) is 4.79 Å². The number of carboxylic acids is 1. The highest BCUT2D eigenvalue weighted by Crippen LogP contribution is 2.49. The third kappa shape index (κ3) is 3.20. The molecule has 0 aromatic heterocycles. The molecule has 4 nitrogen and oxygen atoms in total. The molecular formula is C17H24O4. The van der Waals surface area contributed by atoms with E-state index in [2.05, 4.69) is 13.8 Å². The molecule has 4 atom stereocenters. The van der Waals surface area contributed by atoms with E-state index in [1.165, 1.54) is 18.1 Å². The lowest BCUT2D eigenvalue weighted by atomic mass is 9.70. The molecule has 1 N–H and O–H groups in total. The second-order valence-corrected chi connectivity index (χ2v) is 6.43. The Morgan fingerprint density at radius 2 is 1.95 bits per heavy atom. The van der Waals surface area contributed by atoms with Crippen LogP contribution in [0, 0.1) is 17.8 Å². The molecule has 0 saturated heterocycles. The first-order valence-corrected chi connectivity index (χ1v) is 7.59. The number of allylic oxidation sites excluding steroid dienone is 1. The van der Waals surface area contributed by atoms with E-state index >= 15 is 0 Å². The number of fused-ring (bicyclic) bond motifs is 1. The normalized spacial score (nSPS) is 32.9. The number of carboxylic acid groups (broad SMARTS) is 1. The quantitative estimate of drug-likeness (QED) is 0.492. The van der Waals surface area contributed by atoms with Crippen LogP contribution in [-0.2, 0) is 14.3 Å². The molecule has 0 amide bonds. The Bertz CT molecular complexity index is 515. The van der Waals surface area contributed by atoms with Crippen molar-refractivity contribution in [2.24, 2.45) is 17.8 Å². The summed E-state index contributed by atoms with van der Waals surface area (Å²) in [6, 6.07) is 0. The minimum Gasteiger partial charge on any atom is -0.478 e. The topological polar surface area (TPSA) is 63.6 Å². The minimum atomic E-state index is -0.863. The molecule has 1 saturated carbocycles. The first-order chi connectivity index (χ1) is 9.81. The van der Waals surface area contributed by atoms with E-state index in [1.54, 1.807) is 6.92 Å². The van der Waals surface area contributed by atoms with Crippen LogP contribution in [0.3, 0.4) is 0 Å². The Morgan fingerprint density at radius 3 is 2.52 bits per heavy atom. The van der Waals surface area contributed by atoms with Crippen molar-refractivity contribution < 1.29 is 19.4 Å². The van der Waals surface area contributed by atoms with Crippen molar-refractivity contribution >= 4 is 11.9 Å². The van der Waals surface area contributed by atoms with Gasteiger partial charge in [-0.15, -0.1) is 0 Å². The highest BCUT2D eigenvalue weighted by atomic mass is 16.5. The summed E-state index contributed by atoms with van der Waals surface area (Å²) in [5, 5.41) is 9.09. The van der Waals surface area contributed by atoms with E-state index in [9.17, 15) is 9.59 Å². The summed E-state index contributed by atoms with van der Waals surface area (Å²) in [5.74, 6) is -0.219. The van der Waals surface area contributed by atoms with Gasteiger partial charge in [-0.05, 0) is 38.5 Å². The fourth-order valence-electron chi connectivity index (χ4n) is 3.92. The molecular weight excluding hydrogens is 268 g/mol. The molecule has 0 heterocycles. The number of carbonyl (C=O) groups is 2. The van der Waals surface area contributed by atoms with Crippen molar-refractivity contribution in [2.45, 2.75) is 53.1 Å². The van der Waals surface area contributed by atoms with Crippen molar-refractivity contribution in [1.82, 2.24) is 0 Å². The Labute approximate surface area is 125 Å². The van der Waals surface area contributed by atoms with Crippen LogP contribution in [-0.4, -0.2) is 23.1 Å². The van der Waals surface area contributed by atoms with Gasteiger partial charge in [0.05, 0.1) is 0 Å². The number of hydrogen-bond acceptors (Lipinski definition) is 3. The Hall–Kier alpha value is -1.58. The standard InChI is InChI=1S/C17H24O4/c1-9-5-6-13(7-11(3)17(19)20)15-10(2)8-14(16(9)15)21-12(4)18/h7,9,13-14,16H,5-6,8H2,1-4H3,(H,19,20)/t9-,13+,14-,16+/m1/s1. The van der Waals surface area contributed by atoms with Crippen LogP contribution in [0.1, 0.15) is 47.0 Å². The van der Waals surface area contributed by atoms with Gasteiger partial charge in [0.15, 0.2) is 0 Å². The number of aliphatic carboxylic acids is 1. The van der Waals surface area contributed by atoms with Crippen molar-refractivity contribution in [3.05, 3.63) is 22.8 Å². The fraction of sp³-hybridized carbons (Fsp3) is 0.647. The third-order valence-electron chi connectivity index (χ3n) is 4.81. The van der Waals surface area contributed by atoms with Crippen molar-refractivity contribution in [3.8, 4) is 0 Å². The smallest absolute Gasteiger partial charge is 0.330 e. The van der Waals surface area contributed by atoms with Crippen LogP contribution in [0.4, 0.5) is 0 Å². The number of carbonyl (C=O) groups excluding carboxylic acids is 1. The van der Waals surface area contributed by atoms with Crippen LogP contribution in [0.25, 0.3) is 0 Å². The van der Waals surface area contributed by atoms with E-state index in [0.717, 1.165) is 19.3 Å². The van der Waals surface area contributed by atoms with Gasteiger partial charge in [0.1, 0.15) is 6.10 Å². The molecule has 1 fully saturated rings. The number of hydrogen-bond donors (Lipinski definition) is 1. The van der Waals surface area contributed by atoms with Crippen LogP contribution in [0.5, 0.6) is 0 Å². The van der Waals surface area contributed by atoms with Crippen molar-refractivity contribution in [1.29, 1.82) is 0 Å². The SMILES string of the molecule is CC(=O)O[C@@H]1CC(C)=C2[C@H]1[C@H](C)CC[C@H]2C=C(C)C(=O)O. The monoisotopic (exact) mass is 292 g/mol. The zero-order valence-corrected chi connectivity index (χ0v) is 13.2. The van der Waals surface area contributed by atoms with Gasteiger partial charge in [-0.3, -0.25) is 4.79 Å². The Balaban J connectivity index is 2.29. The summed E-state index contributed by atoms with van der Waals surface area (Å²) in [7, 11) is 0. The van der Waals surface area contributed by atoms with Gasteiger partial charge in [0.2, 0.25) is 0 Å². The molecule has 2 aliphatic carbocycles. The molecule has 21 heavy (non-hydrogen) atoms. The Morgan fingerprint density at radius 1 is 1.29 bits per heavy atom. The predicted octanol–water partition coefficient (Wildman–Crippen LogP) is 3.33. The van der Waals surface area contributed by atoms with Crippen molar-refractivity contribution in [2.75, 3.05) is 0 Å². The lowest BCUT2D eigenvalue weighted by Gasteiger charge is -2.36. The first kappa shape index (κ1) is 15.8. The molecule has 0 aromatic carbocycles. The largest absolute Gasteiger partial charge is 0.478 e. The summed E-state index contributed by atoms with van der Waals surface area (Å²) in [5.41, 5.74) is 2.96. The van der Waals surface area contributed by atoms with Gasteiger partial charge < -0.3 is 9.84 Å². The zero-order chi connectivity index (χ0) is 15.7. The highest BCUT2D eigenvalue weighted by Gasteiger charge is 2.43. The molecule has 2 aliphatic rings. The molecule has 4 heteroatoms. The molecule has 0 unspecified atom stereocenters. The average molecular weight is 292 g/mol. The highest BCUT2D eigenvalue weighted by molar-refractivity contribution is 5.85. The summed E-state index contributed by atoms with van der Waals surface area (Å²) < 4.78 is 5.50. The molecule has 0 aromatic rings. The summed E-state index contributed by atoms with van der Waals surface area (Å²) >= 11 is 0. The van der Waals surface area contributed by atoms with Gasteiger partial charge in [-0.2, -0.15) is 0 Å². The number of ether oxygens (including phenoxy) is 1. The minimum absolute atomic E-state index is 0.0752. The van der Waals surface area contributed by atoms with Gasteiger partial charge in [0, 0.05) is 24.8 Å². The summed E-state index contributed by atoms with van der Waals surface area (Å²) in [6.07, 6.45) is 4.58. The predicted molar refractivity (Wildman–Crippen MR) is 79.6 cm³/mol. The number of esters is 1. The van der Waals surface area contributed by atoms with Crippen LogP contribution in [0.15, 0.2) is 22.8 Å². The third-order valence-corrected chi connectivity index (χ3v) is 4.81. The maximum atomic E-state index is 11.3. The first-order valence-electron chi connectivity index (χ1n) is 7.59. The average Bonchev–Trinajstić information content (AvgIpc) is 2.69. The van der Waals surface area contributed by atoms with Crippen LogP contribution < -0.4 is 0 Å². The maximum absolute atomic E-state index is 11.3. The van der Waals surface area contributed by atoms with Gasteiger partial charge in [-0.1, -0.05) is 24.1 Å². The Kier molecular flexibility index (Phi) is 4.55. The molecule has 0 aliphatic heterocycles. The lowest BCUT2D eigenvalue weighted by Crippen LogP contribution is -2.33. The molecule has 2 rings (SSSR count). The maximum Gasteiger partial charge on any atom is 0.330 e. The van der Waals surface area contributed by atoms with E-state index in [4.69, 9.17) is 9.84 Å². The second-order valence-electron chi connectivity index (χ2n) is 6.43.